The first-order valence-corrected chi connectivity index (χ1v) is 11.5. The summed E-state index contributed by atoms with van der Waals surface area (Å²) in [5.41, 5.74) is 0. The van der Waals surface area contributed by atoms with Crippen LogP contribution >= 0.6 is 0 Å². The predicted octanol–water partition coefficient (Wildman–Crippen LogP) is 6.03. The van der Waals surface area contributed by atoms with Crippen molar-refractivity contribution in [2.45, 2.75) is 109 Å². The van der Waals surface area contributed by atoms with Crippen LogP contribution in [0.25, 0.3) is 0 Å². The van der Waals surface area contributed by atoms with E-state index in [4.69, 9.17) is 9.84 Å². The molecule has 0 heterocycles. The number of quaternary nitrogens is 1. The third-order valence-corrected chi connectivity index (χ3v) is 5.47. The molecule has 1 unspecified atom stereocenters. The van der Waals surface area contributed by atoms with Crippen LogP contribution in [0.5, 0.6) is 0 Å². The number of aliphatic carboxylic acids is 1. The zero-order valence-corrected chi connectivity index (χ0v) is 18.8. The number of unbranched alkanes of at least 4 members (excludes halogenated alkanes) is 13. The third-order valence-electron chi connectivity index (χ3n) is 5.47. The van der Waals surface area contributed by atoms with Crippen LogP contribution in [0.4, 0.5) is 0 Å². The van der Waals surface area contributed by atoms with Crippen LogP contribution in [-0.4, -0.2) is 56.0 Å². The first kappa shape index (κ1) is 26.4. The Labute approximate surface area is 169 Å². The zero-order valence-electron chi connectivity index (χ0n) is 18.8. The van der Waals surface area contributed by atoms with Crippen molar-refractivity contribution in [3.8, 4) is 0 Å². The second kappa shape index (κ2) is 17.5. The van der Waals surface area contributed by atoms with Crippen LogP contribution in [0, 0.1) is 0 Å². The van der Waals surface area contributed by atoms with Gasteiger partial charge in [0.15, 0.2) is 6.54 Å². The molecule has 0 saturated carbocycles. The molecule has 1 N–H and O–H groups in total. The van der Waals surface area contributed by atoms with E-state index in [9.17, 15) is 4.79 Å². The summed E-state index contributed by atoms with van der Waals surface area (Å²) >= 11 is 0. The van der Waals surface area contributed by atoms with Crippen LogP contribution in [-0.2, 0) is 9.53 Å². The van der Waals surface area contributed by atoms with Gasteiger partial charge in [0.05, 0.1) is 14.1 Å². The van der Waals surface area contributed by atoms with E-state index in [1.807, 2.05) is 14.1 Å². The van der Waals surface area contributed by atoms with Gasteiger partial charge < -0.3 is 14.3 Å². The van der Waals surface area contributed by atoms with Gasteiger partial charge in [-0.05, 0) is 6.42 Å². The van der Waals surface area contributed by atoms with Gasteiger partial charge in [-0.2, -0.15) is 0 Å². The minimum Gasteiger partial charge on any atom is -0.477 e. The standard InChI is InChI=1S/C23H47NO3/c1-5-6-7-8-9-10-11-12-13-14-15-16-17-18-19-22(27-4)20-24(2,3)21-23(25)26/h22H,5-21H2,1-4H3/p+1. The molecular formula is C23H48NO3+. The molecule has 162 valence electrons. The van der Waals surface area contributed by atoms with E-state index in [0.29, 0.717) is 4.48 Å². The summed E-state index contributed by atoms with van der Waals surface area (Å²) in [5.74, 6) is -0.744. The molecule has 0 fully saturated rings. The molecule has 1 atom stereocenters. The average molecular weight is 387 g/mol. The molecule has 0 aromatic carbocycles. The van der Waals surface area contributed by atoms with Gasteiger partial charge in [0.25, 0.3) is 0 Å². The summed E-state index contributed by atoms with van der Waals surface area (Å²) in [5, 5.41) is 8.99. The molecule has 0 aliphatic heterocycles. The summed E-state index contributed by atoms with van der Waals surface area (Å²) < 4.78 is 6.05. The molecule has 0 saturated heterocycles. The van der Waals surface area contributed by atoms with Crippen LogP contribution < -0.4 is 0 Å². The smallest absolute Gasteiger partial charge is 0.359 e. The molecular weight excluding hydrogens is 338 g/mol. The maximum atomic E-state index is 10.9. The number of ether oxygens (including phenoxy) is 1. The number of hydrogen-bond acceptors (Lipinski definition) is 2. The highest BCUT2D eigenvalue weighted by molar-refractivity contribution is 5.67. The maximum absolute atomic E-state index is 10.9. The number of rotatable bonds is 20. The quantitative estimate of drug-likeness (QED) is 0.205. The molecule has 0 bridgehead atoms. The van der Waals surface area contributed by atoms with E-state index in [2.05, 4.69) is 6.92 Å². The summed E-state index contributed by atoms with van der Waals surface area (Å²) in [6, 6.07) is 0. The molecule has 0 radical (unpaired) electrons. The van der Waals surface area contributed by atoms with Crippen molar-refractivity contribution < 1.29 is 19.1 Å². The highest BCUT2D eigenvalue weighted by Crippen LogP contribution is 2.15. The Kier molecular flexibility index (Phi) is 17.1. The molecule has 0 spiro atoms. The molecule has 0 aliphatic rings. The normalized spacial score (nSPS) is 13.0. The molecule has 4 nitrogen and oxygen atoms in total. The second-order valence-corrected chi connectivity index (χ2v) is 8.91. The van der Waals surface area contributed by atoms with Crippen LogP contribution in [0.3, 0.4) is 0 Å². The number of nitrogens with zero attached hydrogens (tertiary/aromatic N) is 1. The topological polar surface area (TPSA) is 46.5 Å². The predicted molar refractivity (Wildman–Crippen MR) is 115 cm³/mol. The van der Waals surface area contributed by atoms with Gasteiger partial charge in [0.1, 0.15) is 12.6 Å². The second-order valence-electron chi connectivity index (χ2n) is 8.91. The minimum atomic E-state index is -0.744. The highest BCUT2D eigenvalue weighted by atomic mass is 16.5. The largest absolute Gasteiger partial charge is 0.477 e. The average Bonchev–Trinajstić information content (AvgIpc) is 2.59. The number of carbonyl (C=O) groups is 1. The minimum absolute atomic E-state index is 0.151. The van der Waals surface area contributed by atoms with Crippen molar-refractivity contribution >= 4 is 5.97 Å². The van der Waals surface area contributed by atoms with Crippen molar-refractivity contribution in [1.82, 2.24) is 0 Å². The Bertz CT molecular complexity index is 345. The molecule has 0 rings (SSSR count). The van der Waals surface area contributed by atoms with Gasteiger partial charge in [-0.3, -0.25) is 0 Å². The van der Waals surface area contributed by atoms with Crippen molar-refractivity contribution in [1.29, 1.82) is 0 Å². The Morgan fingerprint density at radius 3 is 1.59 bits per heavy atom. The van der Waals surface area contributed by atoms with E-state index in [-0.39, 0.29) is 12.6 Å². The third kappa shape index (κ3) is 18.5. The monoisotopic (exact) mass is 386 g/mol. The van der Waals surface area contributed by atoms with E-state index >= 15 is 0 Å². The highest BCUT2D eigenvalue weighted by Gasteiger charge is 2.24. The number of likely N-dealkylation sites (N-methyl/N-ethyl adjacent to an activating group) is 1. The van der Waals surface area contributed by atoms with Crippen molar-refractivity contribution in [3.05, 3.63) is 0 Å². The summed E-state index contributed by atoms with van der Waals surface area (Å²) in [6.45, 7) is 3.19. The molecule has 4 heteroatoms. The SMILES string of the molecule is CCCCCCCCCCCCCCCCC(C[N+](C)(C)CC(=O)O)OC. The molecule has 27 heavy (non-hydrogen) atoms. The number of methoxy groups -OCH3 is 1. The van der Waals surface area contributed by atoms with Crippen molar-refractivity contribution in [2.75, 3.05) is 34.3 Å². The van der Waals surface area contributed by atoms with Crippen molar-refractivity contribution in [2.24, 2.45) is 0 Å². The first-order chi connectivity index (χ1) is 12.9. The fraction of sp³-hybridized carbons (Fsp3) is 0.957. The number of hydrogen-bond donors (Lipinski definition) is 1. The molecule has 0 aromatic rings. The summed E-state index contributed by atoms with van der Waals surface area (Å²) in [4.78, 5) is 10.9. The van der Waals surface area contributed by atoms with Gasteiger partial charge in [-0.1, -0.05) is 96.8 Å². The van der Waals surface area contributed by atoms with Crippen LogP contribution in [0.2, 0.25) is 0 Å². The van der Waals surface area contributed by atoms with Gasteiger partial charge in [-0.15, -0.1) is 0 Å². The first-order valence-electron chi connectivity index (χ1n) is 11.5. The lowest BCUT2D eigenvalue weighted by molar-refractivity contribution is -0.886. The number of carboxylic acid groups (broad SMARTS) is 1. The van der Waals surface area contributed by atoms with E-state index < -0.39 is 5.97 Å². The fourth-order valence-electron chi connectivity index (χ4n) is 3.83. The van der Waals surface area contributed by atoms with Crippen LogP contribution in [0.15, 0.2) is 0 Å². The molecule has 0 aromatic heterocycles. The van der Waals surface area contributed by atoms with Crippen molar-refractivity contribution in [3.63, 3.8) is 0 Å². The van der Waals surface area contributed by atoms with Gasteiger partial charge >= 0.3 is 5.97 Å². The summed E-state index contributed by atoms with van der Waals surface area (Å²) in [7, 11) is 5.67. The van der Waals surface area contributed by atoms with E-state index in [1.165, 1.54) is 89.9 Å². The molecule has 0 aliphatic carbocycles. The lowest BCUT2D eigenvalue weighted by Gasteiger charge is -2.31. The molecule has 0 amide bonds. The Hall–Kier alpha value is -0.610. The Balaban J connectivity index is 3.47. The van der Waals surface area contributed by atoms with E-state index in [0.717, 1.165) is 13.0 Å². The van der Waals surface area contributed by atoms with Gasteiger partial charge in [-0.25, -0.2) is 4.79 Å². The van der Waals surface area contributed by atoms with Crippen LogP contribution in [0.1, 0.15) is 103 Å². The van der Waals surface area contributed by atoms with Gasteiger partial charge in [0, 0.05) is 7.11 Å². The lowest BCUT2D eigenvalue weighted by Crippen LogP contribution is -2.48. The number of carboxylic acids is 1. The lowest BCUT2D eigenvalue weighted by atomic mass is 10.0. The Morgan fingerprint density at radius 1 is 0.815 bits per heavy atom. The maximum Gasteiger partial charge on any atom is 0.359 e. The van der Waals surface area contributed by atoms with E-state index in [1.54, 1.807) is 7.11 Å². The van der Waals surface area contributed by atoms with Gasteiger partial charge in [0.2, 0.25) is 0 Å². The fourth-order valence-corrected chi connectivity index (χ4v) is 3.83. The Morgan fingerprint density at radius 2 is 1.22 bits per heavy atom. The zero-order chi connectivity index (χ0) is 20.4. The summed E-state index contributed by atoms with van der Waals surface area (Å²) in [6.07, 6.45) is 20.4.